The monoisotopic (exact) mass is 728 g/mol. The molecule has 14 heteroatoms. The summed E-state index contributed by atoms with van der Waals surface area (Å²) in [7, 11) is 0. The Hall–Kier alpha value is -6.32. The van der Waals surface area contributed by atoms with Gasteiger partial charge in [-0.15, -0.1) is 22.7 Å². The second kappa shape index (κ2) is 11.9. The molecule has 1 saturated carbocycles. The van der Waals surface area contributed by atoms with Crippen molar-refractivity contribution >= 4 is 57.5 Å². The van der Waals surface area contributed by atoms with Crippen molar-refractivity contribution in [3.63, 3.8) is 0 Å². The standard InChI is InChI=1S/C38H16F4N6O2S2/c1-45-26(14-43)30-16-8-22(39)24(41)10-18(16)32(49)20(30)12-28-47-36-34(51-28)35-37(38(36)6-4-3-5-7-38)48-29(52-35)13-21-31(27(15-44)46-2)17-9-23(40)25(42)11-19(17)33(21)50/h8-13H,3-7H2/b20-12-,21-13-,30-26-,31-27+. The number of aromatic nitrogens is 2. The zero-order valence-electron chi connectivity index (χ0n) is 26.3. The third-order valence-corrected chi connectivity index (χ3v) is 11.9. The van der Waals surface area contributed by atoms with E-state index < -0.39 is 51.6 Å². The number of Topliss-reactive ketones (excluding diaryl/α,β-unsaturated/α-hetero) is 2. The molecular weight excluding hydrogens is 713 g/mol. The highest BCUT2D eigenvalue weighted by Gasteiger charge is 2.49. The van der Waals surface area contributed by atoms with Gasteiger partial charge in [-0.3, -0.25) is 9.59 Å². The van der Waals surface area contributed by atoms with E-state index in [1.807, 2.05) is 0 Å². The molecule has 2 heterocycles. The van der Waals surface area contributed by atoms with E-state index in [9.17, 15) is 37.7 Å². The van der Waals surface area contributed by atoms with Crippen molar-refractivity contribution in [2.75, 3.05) is 0 Å². The summed E-state index contributed by atoms with van der Waals surface area (Å²) >= 11 is 2.47. The predicted octanol–water partition coefficient (Wildman–Crippen LogP) is 9.25. The van der Waals surface area contributed by atoms with Crippen LogP contribution in [0.25, 0.3) is 42.7 Å². The molecule has 0 atom stereocenters. The van der Waals surface area contributed by atoms with Crippen molar-refractivity contribution in [3.8, 4) is 21.9 Å². The van der Waals surface area contributed by atoms with Crippen molar-refractivity contribution in [1.29, 1.82) is 10.5 Å². The largest absolute Gasteiger partial charge is 0.289 e. The van der Waals surface area contributed by atoms with E-state index >= 15 is 0 Å². The Morgan fingerprint density at radius 1 is 0.692 bits per heavy atom. The number of thiazole rings is 2. The van der Waals surface area contributed by atoms with E-state index in [0.717, 1.165) is 64.7 Å². The van der Waals surface area contributed by atoms with Crippen LogP contribution in [-0.4, -0.2) is 21.5 Å². The van der Waals surface area contributed by atoms with E-state index in [2.05, 4.69) is 9.69 Å². The molecule has 0 radical (unpaired) electrons. The molecular formula is C38H16F4N6O2S2. The Balaban J connectivity index is 1.28. The van der Waals surface area contributed by atoms with E-state index in [0.29, 0.717) is 22.9 Å². The first-order chi connectivity index (χ1) is 25.0. The zero-order chi connectivity index (χ0) is 36.6. The summed E-state index contributed by atoms with van der Waals surface area (Å²) in [5, 5.41) is 20.1. The zero-order valence-corrected chi connectivity index (χ0v) is 28.0. The fourth-order valence-electron chi connectivity index (χ4n) is 7.49. The van der Waals surface area contributed by atoms with Gasteiger partial charge in [0.15, 0.2) is 34.8 Å². The number of carbonyl (C=O) groups is 2. The molecule has 0 unspecified atom stereocenters. The molecule has 8 nitrogen and oxygen atoms in total. The van der Waals surface area contributed by atoms with Gasteiger partial charge in [-0.2, -0.15) is 0 Å². The maximum atomic E-state index is 14.3. The smallest absolute Gasteiger partial charge is 0.270 e. The lowest BCUT2D eigenvalue weighted by molar-refractivity contribution is 0.103. The summed E-state index contributed by atoms with van der Waals surface area (Å²) in [5.41, 5.74) is -0.905. The molecule has 1 fully saturated rings. The Morgan fingerprint density at radius 2 is 1.08 bits per heavy atom. The van der Waals surface area contributed by atoms with Gasteiger partial charge in [-0.05, 0) is 60.4 Å². The normalized spacial score (nSPS) is 19.8. The average Bonchev–Trinajstić information content (AvgIpc) is 3.91. The number of carbonyl (C=O) groups excluding carboxylic acids is 2. The minimum Gasteiger partial charge on any atom is -0.289 e. The van der Waals surface area contributed by atoms with Crippen molar-refractivity contribution < 1.29 is 27.2 Å². The van der Waals surface area contributed by atoms with Crippen molar-refractivity contribution in [1.82, 2.24) is 9.97 Å². The number of hydrogen-bond donors (Lipinski definition) is 0. The molecule has 8 rings (SSSR count). The van der Waals surface area contributed by atoms with Gasteiger partial charge in [-0.1, -0.05) is 19.3 Å². The Morgan fingerprint density at radius 3 is 1.44 bits per heavy atom. The second-order valence-electron chi connectivity index (χ2n) is 12.4. The van der Waals surface area contributed by atoms with Crippen LogP contribution in [0, 0.1) is 59.1 Å². The number of hydrogen-bond acceptors (Lipinski definition) is 8. The van der Waals surface area contributed by atoms with Gasteiger partial charge in [0.2, 0.25) is 0 Å². The van der Waals surface area contributed by atoms with Crippen molar-refractivity contribution in [2.45, 2.75) is 37.5 Å². The molecule has 0 saturated heterocycles. The van der Waals surface area contributed by atoms with Crippen LogP contribution in [0.15, 0.2) is 46.8 Å². The molecule has 250 valence electrons. The fraction of sp³-hybridized carbons (Fsp3) is 0.158. The van der Waals surface area contributed by atoms with Crippen LogP contribution in [0.5, 0.6) is 0 Å². The summed E-state index contributed by atoms with van der Waals surface area (Å²) in [4.78, 5) is 45.0. The molecule has 1 spiro atoms. The van der Waals surface area contributed by atoms with Crippen LogP contribution in [0.3, 0.4) is 0 Å². The fourth-order valence-corrected chi connectivity index (χ4v) is 9.84. The number of halogens is 4. The summed E-state index contributed by atoms with van der Waals surface area (Å²) in [6.45, 7) is 15.0. The molecule has 0 aliphatic heterocycles. The summed E-state index contributed by atoms with van der Waals surface area (Å²) in [6.07, 6.45) is 6.96. The van der Waals surface area contributed by atoms with Crippen LogP contribution in [0.2, 0.25) is 0 Å². The van der Waals surface area contributed by atoms with Gasteiger partial charge in [-0.25, -0.2) is 47.7 Å². The first-order valence-corrected chi connectivity index (χ1v) is 17.3. The Bertz CT molecular complexity index is 2490. The lowest BCUT2D eigenvalue weighted by atomic mass is 9.72. The molecule has 0 N–H and O–H groups in total. The van der Waals surface area contributed by atoms with Crippen LogP contribution in [-0.2, 0) is 5.41 Å². The summed E-state index contributed by atoms with van der Waals surface area (Å²) in [5.74, 6) is -6.31. The van der Waals surface area contributed by atoms with Crippen LogP contribution in [0.1, 0.15) is 85.4 Å². The molecule has 4 aliphatic rings. The number of fused-ring (bicyclic) bond motifs is 7. The molecule has 4 aliphatic carbocycles. The van der Waals surface area contributed by atoms with Crippen LogP contribution >= 0.6 is 22.7 Å². The van der Waals surface area contributed by atoms with E-state index in [-0.39, 0.29) is 44.5 Å². The van der Waals surface area contributed by atoms with E-state index in [1.165, 1.54) is 34.8 Å². The number of rotatable bonds is 2. The van der Waals surface area contributed by atoms with Crippen molar-refractivity contribution in [3.05, 3.63) is 137 Å². The van der Waals surface area contributed by atoms with E-state index in [1.54, 1.807) is 12.1 Å². The maximum absolute atomic E-state index is 14.3. The minimum absolute atomic E-state index is 0.0572. The van der Waals surface area contributed by atoms with Crippen LogP contribution in [0.4, 0.5) is 17.6 Å². The summed E-state index contributed by atoms with van der Waals surface area (Å²) in [6, 6.07) is 6.63. The first kappa shape index (κ1) is 32.9. The first-order valence-electron chi connectivity index (χ1n) is 15.6. The number of nitrogens with zero attached hydrogens (tertiary/aromatic N) is 6. The topological polar surface area (TPSA) is 116 Å². The van der Waals surface area contributed by atoms with E-state index in [4.69, 9.17) is 23.1 Å². The highest BCUT2D eigenvalue weighted by Crippen LogP contribution is 2.59. The van der Waals surface area contributed by atoms with Crippen LogP contribution < -0.4 is 0 Å². The lowest BCUT2D eigenvalue weighted by Gasteiger charge is -2.32. The average molecular weight is 729 g/mol. The highest BCUT2D eigenvalue weighted by molar-refractivity contribution is 7.23. The number of benzene rings is 2. The van der Waals surface area contributed by atoms with Gasteiger partial charge in [0, 0.05) is 33.4 Å². The number of ketones is 2. The van der Waals surface area contributed by atoms with Gasteiger partial charge in [0.1, 0.15) is 10.0 Å². The quantitative estimate of drug-likeness (QED) is 0.0880. The van der Waals surface area contributed by atoms with Gasteiger partial charge < -0.3 is 0 Å². The SMILES string of the molecule is [C-]#[N+]/C(C#N)=C1\C(=C\c2nc3c(s2)-c2sc(/C=C4\C(=O)c5cc(F)c(F)cc5\C4=C(\C#N)[N+]#[C-])nc2C32CCCCC2)C(=O)c2cc(F)c(F)cc21. The third kappa shape index (κ3) is 4.59. The third-order valence-electron chi connectivity index (χ3n) is 9.73. The maximum Gasteiger partial charge on any atom is 0.270 e. The van der Waals surface area contributed by atoms with Gasteiger partial charge in [0.05, 0.1) is 51.8 Å². The molecule has 0 amide bonds. The molecule has 2 aromatic carbocycles. The molecule has 52 heavy (non-hydrogen) atoms. The lowest BCUT2D eigenvalue weighted by Crippen LogP contribution is -2.29. The predicted molar refractivity (Wildman–Crippen MR) is 183 cm³/mol. The van der Waals surface area contributed by atoms with Gasteiger partial charge >= 0.3 is 0 Å². The molecule has 0 bridgehead atoms. The minimum atomic E-state index is -1.24. The van der Waals surface area contributed by atoms with Crippen molar-refractivity contribution in [2.24, 2.45) is 0 Å². The number of allylic oxidation sites excluding steroid dienone is 6. The molecule has 2 aromatic heterocycles. The highest BCUT2D eigenvalue weighted by atomic mass is 32.1. The number of nitriles is 2. The Labute approximate surface area is 300 Å². The van der Waals surface area contributed by atoms with Gasteiger partial charge in [0.25, 0.3) is 11.4 Å². The Kier molecular flexibility index (Phi) is 7.51. The molecule has 4 aromatic rings. The summed E-state index contributed by atoms with van der Waals surface area (Å²) < 4.78 is 57.1. The second-order valence-corrected chi connectivity index (χ2v) is 14.5.